The van der Waals surface area contributed by atoms with Crippen molar-refractivity contribution in [1.82, 2.24) is 5.16 Å². The van der Waals surface area contributed by atoms with Gasteiger partial charge in [0, 0.05) is 18.6 Å². The van der Waals surface area contributed by atoms with Crippen LogP contribution in [0.5, 0.6) is 0 Å². The average molecular weight is 453 g/mol. The van der Waals surface area contributed by atoms with Crippen LogP contribution in [0.15, 0.2) is 101 Å². The topological polar surface area (TPSA) is 56.9 Å². The van der Waals surface area contributed by atoms with Gasteiger partial charge in [0.25, 0.3) is 0 Å². The molecule has 0 aliphatic carbocycles. The van der Waals surface area contributed by atoms with Crippen molar-refractivity contribution >= 4 is 5.90 Å². The van der Waals surface area contributed by atoms with Crippen molar-refractivity contribution < 1.29 is 14.0 Å². The van der Waals surface area contributed by atoms with Gasteiger partial charge < -0.3 is 14.0 Å². The summed E-state index contributed by atoms with van der Waals surface area (Å²) in [4.78, 5) is 4.98. The summed E-state index contributed by atoms with van der Waals surface area (Å²) >= 11 is 0. The number of hydrogen-bond donors (Lipinski definition) is 0. The van der Waals surface area contributed by atoms with Crippen LogP contribution >= 0.6 is 0 Å². The van der Waals surface area contributed by atoms with Gasteiger partial charge in [-0.25, -0.2) is 4.99 Å². The first-order valence-corrected chi connectivity index (χ1v) is 11.6. The van der Waals surface area contributed by atoms with E-state index in [1.54, 1.807) is 7.11 Å². The third kappa shape index (κ3) is 4.52. The Balaban J connectivity index is 1.56. The molecule has 1 aliphatic heterocycles. The maximum Gasteiger partial charge on any atom is 0.223 e. The van der Waals surface area contributed by atoms with Crippen LogP contribution in [0, 0.1) is 0 Å². The first-order chi connectivity index (χ1) is 16.7. The van der Waals surface area contributed by atoms with Crippen molar-refractivity contribution in [2.45, 2.75) is 31.4 Å². The lowest BCUT2D eigenvalue weighted by Gasteiger charge is -2.17. The number of benzene rings is 3. The van der Waals surface area contributed by atoms with E-state index in [1.165, 1.54) is 5.56 Å². The second kappa shape index (κ2) is 10.1. The molecule has 3 atom stereocenters. The lowest BCUT2D eigenvalue weighted by atomic mass is 9.94. The highest BCUT2D eigenvalue weighted by Crippen LogP contribution is 2.38. The molecule has 0 bridgehead atoms. The van der Waals surface area contributed by atoms with E-state index in [1.807, 2.05) is 54.6 Å². The SMILES string of the molecule is COC[C@@H]1N=C(c2c(-c3ccccc3)noc2[C@@H](C)Cc2ccccc2)O[C@H]1c1ccccc1. The maximum atomic E-state index is 6.53. The van der Waals surface area contributed by atoms with Gasteiger partial charge in [0.05, 0.1) is 6.61 Å². The van der Waals surface area contributed by atoms with Crippen molar-refractivity contribution in [1.29, 1.82) is 0 Å². The van der Waals surface area contributed by atoms with Gasteiger partial charge in [-0.05, 0) is 17.5 Å². The van der Waals surface area contributed by atoms with Crippen LogP contribution in [0.1, 0.15) is 41.4 Å². The minimum Gasteiger partial charge on any atom is -0.467 e. The Hall–Kier alpha value is -3.70. The maximum absolute atomic E-state index is 6.53. The van der Waals surface area contributed by atoms with Crippen LogP contribution in [-0.2, 0) is 15.9 Å². The van der Waals surface area contributed by atoms with Gasteiger partial charge in [0.1, 0.15) is 17.3 Å². The fourth-order valence-electron chi connectivity index (χ4n) is 4.50. The van der Waals surface area contributed by atoms with E-state index in [9.17, 15) is 0 Å². The second-order valence-electron chi connectivity index (χ2n) is 8.63. The molecule has 1 aromatic heterocycles. The Morgan fingerprint density at radius 1 is 0.882 bits per heavy atom. The highest BCUT2D eigenvalue weighted by Gasteiger charge is 2.37. The van der Waals surface area contributed by atoms with E-state index in [2.05, 4.69) is 48.5 Å². The first-order valence-electron chi connectivity index (χ1n) is 11.6. The fraction of sp³-hybridized carbons (Fsp3) is 0.241. The third-order valence-corrected chi connectivity index (χ3v) is 6.15. The molecule has 0 radical (unpaired) electrons. The van der Waals surface area contributed by atoms with E-state index >= 15 is 0 Å². The van der Waals surface area contributed by atoms with E-state index in [-0.39, 0.29) is 18.1 Å². The van der Waals surface area contributed by atoms with Gasteiger partial charge >= 0.3 is 0 Å². The summed E-state index contributed by atoms with van der Waals surface area (Å²) < 4.78 is 18.0. The summed E-state index contributed by atoms with van der Waals surface area (Å²) in [6, 6.07) is 30.5. The molecular formula is C29H28N2O3. The molecule has 2 heterocycles. The van der Waals surface area contributed by atoms with Crippen molar-refractivity contribution in [3.05, 3.63) is 113 Å². The molecule has 0 N–H and O–H groups in total. The lowest BCUT2D eigenvalue weighted by molar-refractivity contribution is 0.120. The smallest absolute Gasteiger partial charge is 0.223 e. The lowest BCUT2D eigenvalue weighted by Crippen LogP contribution is -2.19. The molecule has 172 valence electrons. The first kappa shape index (κ1) is 22.1. The largest absolute Gasteiger partial charge is 0.467 e. The zero-order valence-corrected chi connectivity index (χ0v) is 19.4. The number of methoxy groups -OCH3 is 1. The summed E-state index contributed by atoms with van der Waals surface area (Å²) in [6.45, 7) is 2.62. The molecular weight excluding hydrogens is 424 g/mol. The normalized spacial score (nSPS) is 18.4. The molecule has 0 fully saturated rings. The van der Waals surface area contributed by atoms with Crippen LogP contribution < -0.4 is 0 Å². The zero-order chi connectivity index (χ0) is 23.3. The molecule has 5 nitrogen and oxygen atoms in total. The summed E-state index contributed by atoms with van der Waals surface area (Å²) in [5.74, 6) is 1.43. The van der Waals surface area contributed by atoms with E-state index in [4.69, 9.17) is 19.0 Å². The molecule has 34 heavy (non-hydrogen) atoms. The second-order valence-corrected chi connectivity index (χ2v) is 8.63. The molecule has 0 amide bonds. The number of aliphatic imine (C=N–C) groups is 1. The molecule has 0 saturated heterocycles. The Morgan fingerprint density at radius 2 is 1.53 bits per heavy atom. The van der Waals surface area contributed by atoms with E-state index < -0.39 is 0 Å². The molecule has 4 aromatic rings. The number of rotatable bonds is 8. The molecule has 1 aliphatic rings. The monoisotopic (exact) mass is 452 g/mol. The van der Waals surface area contributed by atoms with Crippen LogP contribution in [-0.4, -0.2) is 30.8 Å². The Kier molecular flexibility index (Phi) is 6.54. The Morgan fingerprint density at radius 3 is 2.21 bits per heavy atom. The number of ether oxygens (including phenoxy) is 2. The van der Waals surface area contributed by atoms with Crippen molar-refractivity contribution in [2.75, 3.05) is 13.7 Å². The van der Waals surface area contributed by atoms with E-state index in [0.29, 0.717) is 12.5 Å². The highest BCUT2D eigenvalue weighted by atomic mass is 16.5. The number of hydrogen-bond acceptors (Lipinski definition) is 5. The van der Waals surface area contributed by atoms with Gasteiger partial charge in [-0.2, -0.15) is 0 Å². The minimum absolute atomic E-state index is 0.0883. The summed E-state index contributed by atoms with van der Waals surface area (Å²) in [7, 11) is 1.69. The molecule has 0 saturated carbocycles. The van der Waals surface area contributed by atoms with Gasteiger partial charge in [0.15, 0.2) is 11.9 Å². The van der Waals surface area contributed by atoms with Gasteiger partial charge in [-0.1, -0.05) is 103 Å². The standard InChI is InChI=1S/C29H28N2O3/c1-20(18-21-12-6-3-7-13-21)27-25(26(31-34-27)22-14-8-4-9-15-22)29-30-24(19-32-2)28(33-29)23-16-10-5-11-17-23/h3-17,20,24,28H,18-19H2,1-2H3/t20-,24-,28-/m0/s1. The highest BCUT2D eigenvalue weighted by molar-refractivity contribution is 6.02. The van der Waals surface area contributed by atoms with Crippen LogP contribution in [0.3, 0.4) is 0 Å². The van der Waals surface area contributed by atoms with Gasteiger partial charge in [0.2, 0.25) is 5.90 Å². The number of aromatic nitrogens is 1. The molecule has 3 aromatic carbocycles. The zero-order valence-electron chi connectivity index (χ0n) is 19.4. The van der Waals surface area contributed by atoms with Crippen molar-refractivity contribution in [3.8, 4) is 11.3 Å². The Bertz CT molecular complexity index is 1240. The van der Waals surface area contributed by atoms with Gasteiger partial charge in [-0.15, -0.1) is 0 Å². The predicted octanol–water partition coefficient (Wildman–Crippen LogP) is 6.22. The molecule has 5 heteroatoms. The van der Waals surface area contributed by atoms with Crippen LogP contribution in [0.4, 0.5) is 0 Å². The molecule has 5 rings (SSSR count). The molecule has 0 spiro atoms. The van der Waals surface area contributed by atoms with Crippen molar-refractivity contribution in [3.63, 3.8) is 0 Å². The Labute approximate surface area is 200 Å². The molecule has 0 unspecified atom stereocenters. The fourth-order valence-corrected chi connectivity index (χ4v) is 4.50. The third-order valence-electron chi connectivity index (χ3n) is 6.15. The summed E-state index contributed by atoms with van der Waals surface area (Å²) in [6.07, 6.45) is 0.598. The van der Waals surface area contributed by atoms with E-state index in [0.717, 1.165) is 34.6 Å². The average Bonchev–Trinajstić information content (AvgIpc) is 3.51. The summed E-state index contributed by atoms with van der Waals surface area (Å²) in [5, 5.41) is 4.50. The minimum atomic E-state index is -0.230. The van der Waals surface area contributed by atoms with Crippen LogP contribution in [0.2, 0.25) is 0 Å². The van der Waals surface area contributed by atoms with Gasteiger partial charge in [-0.3, -0.25) is 0 Å². The van der Waals surface area contributed by atoms with Crippen molar-refractivity contribution in [2.24, 2.45) is 4.99 Å². The number of nitrogens with zero attached hydrogens (tertiary/aromatic N) is 2. The van der Waals surface area contributed by atoms with Crippen LogP contribution in [0.25, 0.3) is 11.3 Å². The predicted molar refractivity (Wildman–Crippen MR) is 133 cm³/mol. The quantitative estimate of drug-likeness (QED) is 0.318. The summed E-state index contributed by atoms with van der Waals surface area (Å²) in [5.41, 5.74) is 4.86.